The van der Waals surface area contributed by atoms with Crippen LogP contribution in [0.25, 0.3) is 14.5 Å². The van der Waals surface area contributed by atoms with Crippen molar-refractivity contribution in [2.24, 2.45) is 0 Å². The Bertz CT molecular complexity index is 4530. The first-order chi connectivity index (χ1) is 45.5. The van der Waals surface area contributed by atoms with E-state index < -0.39 is 30.5 Å². The summed E-state index contributed by atoms with van der Waals surface area (Å²) in [6.07, 6.45) is 15.4. The molecule has 93 heavy (non-hydrogen) atoms. The molecule has 1 atom stereocenters. The highest BCUT2D eigenvalue weighted by atomic mass is 35.5. The van der Waals surface area contributed by atoms with Gasteiger partial charge in [-0.05, 0) is 106 Å². The lowest BCUT2D eigenvalue weighted by Crippen LogP contribution is -2.24. The summed E-state index contributed by atoms with van der Waals surface area (Å²) in [5, 5.41) is 49.8. The third-order valence-corrected chi connectivity index (χ3v) is 29.6. The van der Waals surface area contributed by atoms with Crippen molar-refractivity contribution in [2.75, 3.05) is 11.9 Å². The third-order valence-electron chi connectivity index (χ3n) is 14.8. The molecule has 1 saturated heterocycles. The van der Waals surface area contributed by atoms with Crippen molar-refractivity contribution in [3.63, 3.8) is 0 Å². The van der Waals surface area contributed by atoms with Crippen LogP contribution in [0.1, 0.15) is 19.8 Å². The second-order valence-electron chi connectivity index (χ2n) is 20.0. The SMILES string of the molecule is CC1CCCO1.ClCCl.OO.[C-]#[N+]C1=CC(S(=O)(=O)c2ccccc2)=CC(C#N)=P1(c1ccccc1)c1ccccc1.[C-]#[N+]C1=CC(Sc2ccccc2)=CC(C#N)=P1(c1ccccc1)c1ccccc1.[C-]#[N+]C1=CC=CC(C#N)=P1(c1ccccc1)c1ccccc1. The Hall–Kier alpha value is -9.20. The number of ether oxygens (including phenoxy) is 1. The van der Waals surface area contributed by atoms with Crippen LogP contribution in [0.2, 0.25) is 0 Å². The molecule has 18 heteroatoms. The molecule has 0 bridgehead atoms. The Morgan fingerprint density at radius 1 is 0.505 bits per heavy atom. The smallest absolute Gasteiger partial charge is 0.205 e. The number of hydrogen-bond acceptors (Lipinski definition) is 9. The summed E-state index contributed by atoms with van der Waals surface area (Å²) in [6.45, 7) is 19.1. The lowest BCUT2D eigenvalue weighted by atomic mass is 10.3. The number of sulfone groups is 1. The molecule has 0 aliphatic carbocycles. The van der Waals surface area contributed by atoms with E-state index in [0.29, 0.717) is 32.9 Å². The van der Waals surface area contributed by atoms with Gasteiger partial charge in [0.15, 0.2) is 16.3 Å². The molecule has 4 aliphatic heterocycles. The first-order valence-corrected chi connectivity index (χ1v) is 37.4. The molecule has 8 aromatic carbocycles. The Kier molecular flexibility index (Phi) is 27.3. The maximum absolute atomic E-state index is 13.3. The average molecular weight is 1350 g/mol. The molecule has 1 fully saturated rings. The number of hydrogen-bond donors (Lipinski definition) is 2. The van der Waals surface area contributed by atoms with Gasteiger partial charge in [0.05, 0.1) is 75.0 Å². The zero-order valence-corrected chi connectivity index (χ0v) is 56.1. The van der Waals surface area contributed by atoms with E-state index in [1.54, 1.807) is 36.0 Å². The highest BCUT2D eigenvalue weighted by Crippen LogP contribution is 2.60. The summed E-state index contributed by atoms with van der Waals surface area (Å²) in [6, 6.07) is 83.9. The van der Waals surface area contributed by atoms with Gasteiger partial charge >= 0.3 is 0 Å². The molecular weight excluding hydrogens is 1290 g/mol. The zero-order chi connectivity index (χ0) is 66.5. The van der Waals surface area contributed by atoms with Crippen LogP contribution in [0.5, 0.6) is 0 Å². The summed E-state index contributed by atoms with van der Waals surface area (Å²) in [7, 11) is -3.88. The maximum Gasteiger partial charge on any atom is 0.205 e. The lowest BCUT2D eigenvalue weighted by molar-refractivity contribution is -0.176. The van der Waals surface area contributed by atoms with Crippen LogP contribution in [-0.4, -0.2) is 52.9 Å². The Balaban J connectivity index is 0.000000184. The molecule has 11 nitrogen and oxygen atoms in total. The molecule has 462 valence electrons. The van der Waals surface area contributed by atoms with Gasteiger partial charge in [0.2, 0.25) is 9.84 Å². The van der Waals surface area contributed by atoms with Crippen molar-refractivity contribution < 1.29 is 23.7 Å². The fraction of sp³-hybridized carbons (Fsp3) is 0.0800. The first-order valence-electron chi connectivity index (χ1n) is 28.7. The van der Waals surface area contributed by atoms with Crippen LogP contribution >= 0.6 is 55.6 Å². The number of nitrogens with zero attached hydrogens (tertiary/aromatic N) is 6. The molecule has 4 heterocycles. The van der Waals surface area contributed by atoms with Crippen LogP contribution < -0.4 is 31.8 Å². The maximum atomic E-state index is 13.3. The van der Waals surface area contributed by atoms with Crippen molar-refractivity contribution in [1.29, 1.82) is 15.8 Å². The van der Waals surface area contributed by atoms with Gasteiger partial charge < -0.3 is 4.74 Å². The van der Waals surface area contributed by atoms with Gasteiger partial charge in [-0.1, -0.05) is 242 Å². The zero-order valence-electron chi connectivity index (χ0n) is 50.3. The van der Waals surface area contributed by atoms with E-state index in [-0.39, 0.29) is 20.6 Å². The highest BCUT2D eigenvalue weighted by molar-refractivity contribution is 8.03. The van der Waals surface area contributed by atoms with E-state index in [1.165, 1.54) is 37.1 Å². The van der Waals surface area contributed by atoms with E-state index in [0.717, 1.165) is 48.2 Å². The van der Waals surface area contributed by atoms with Crippen molar-refractivity contribution in [3.05, 3.63) is 346 Å². The molecule has 0 spiro atoms. The van der Waals surface area contributed by atoms with E-state index in [4.69, 9.17) is 58.2 Å². The number of rotatable bonds is 10. The Labute approximate surface area is 560 Å². The van der Waals surface area contributed by atoms with Crippen LogP contribution in [0.3, 0.4) is 0 Å². The van der Waals surface area contributed by atoms with E-state index in [1.807, 2.05) is 237 Å². The number of nitriles is 3. The van der Waals surface area contributed by atoms with E-state index >= 15 is 0 Å². The second kappa shape index (κ2) is 35.6. The van der Waals surface area contributed by atoms with Crippen molar-refractivity contribution in [3.8, 4) is 18.2 Å². The molecule has 0 amide bonds. The minimum atomic E-state index is -3.88. The summed E-state index contributed by atoms with van der Waals surface area (Å²) < 4.78 is 31.7. The minimum absolute atomic E-state index is 0.0382. The summed E-state index contributed by atoms with van der Waals surface area (Å²) >= 11 is 11.1. The molecule has 0 radical (unpaired) electrons. The Morgan fingerprint density at radius 3 is 1.16 bits per heavy atom. The molecule has 12 rings (SSSR count). The first kappa shape index (κ1) is 71.2. The average Bonchev–Trinajstić information content (AvgIpc) is 0.849. The van der Waals surface area contributed by atoms with E-state index in [2.05, 4.69) is 39.7 Å². The molecule has 4 aliphatic rings. The monoisotopic (exact) mass is 1350 g/mol. The number of alkyl halides is 2. The number of benzene rings is 8. The highest BCUT2D eigenvalue weighted by Gasteiger charge is 2.38. The van der Waals surface area contributed by atoms with Crippen LogP contribution in [0.15, 0.2) is 321 Å². The second-order valence-corrected chi connectivity index (χ2v) is 33.8. The van der Waals surface area contributed by atoms with Gasteiger partial charge in [-0.25, -0.2) is 23.0 Å². The van der Waals surface area contributed by atoms with Gasteiger partial charge in [-0.15, -0.1) is 23.2 Å². The van der Waals surface area contributed by atoms with Gasteiger partial charge in [0.1, 0.15) is 0 Å². The van der Waals surface area contributed by atoms with Gasteiger partial charge in [0, 0.05) is 37.1 Å². The fourth-order valence-electron chi connectivity index (χ4n) is 10.8. The predicted molar refractivity (Wildman–Crippen MR) is 391 cm³/mol. The number of allylic oxidation sites excluding steroid dienone is 7. The van der Waals surface area contributed by atoms with Crippen LogP contribution in [-0.2, 0) is 14.6 Å². The summed E-state index contributed by atoms with van der Waals surface area (Å²) in [5.74, 6) is 0. The van der Waals surface area contributed by atoms with Crippen molar-refractivity contribution in [1.82, 2.24) is 0 Å². The van der Waals surface area contributed by atoms with Crippen molar-refractivity contribution in [2.45, 2.75) is 35.7 Å². The molecular formula is C75H61Cl2N6O5P3S2. The van der Waals surface area contributed by atoms with Gasteiger partial charge in [-0.2, -0.15) is 15.8 Å². The predicted octanol–water partition coefficient (Wildman–Crippen LogP) is 16.6. The van der Waals surface area contributed by atoms with Gasteiger partial charge in [-0.3, -0.25) is 10.5 Å². The minimum Gasteiger partial charge on any atom is -0.379 e. The fourth-order valence-corrected chi connectivity index (χ4v) is 24.8. The lowest BCUT2D eigenvalue weighted by Gasteiger charge is -2.30. The summed E-state index contributed by atoms with van der Waals surface area (Å²) in [4.78, 5) is 13.7. The van der Waals surface area contributed by atoms with Crippen LogP contribution in [0, 0.1) is 53.7 Å². The normalized spacial score (nSPS) is 15.9. The number of thioether (sulfide) groups is 1. The topological polar surface area (TPSA) is 168 Å². The van der Waals surface area contributed by atoms with Gasteiger partial charge in [0.25, 0.3) is 0 Å². The largest absolute Gasteiger partial charge is 0.379 e. The van der Waals surface area contributed by atoms with Crippen molar-refractivity contribution >= 4 is 113 Å². The number of halogens is 2. The third kappa shape index (κ3) is 16.0. The molecule has 8 aromatic rings. The van der Waals surface area contributed by atoms with E-state index in [9.17, 15) is 24.2 Å². The summed E-state index contributed by atoms with van der Waals surface area (Å²) in [5.41, 5.74) is 1.58. The molecule has 0 saturated carbocycles. The standard InChI is InChI=1S/C25H17N2O2PS.C25H17N2PS.C19H13N2P.C5H10O.CH2Cl2.H2O2/c1-27-25-18-24(31(28,29)23-15-9-4-10-16-23)17-22(19-26)30(25,20-11-5-2-6-12-20)21-13-7-3-8-14-21;1-27-25-18-24(29-23-15-9-4-10-16-23)17-22(19-26)28(25,20-11-5-2-6-12-20)21-13-7-3-8-14-21;1-21-19-14-8-13-18(15-20)22(19,16-9-4-2-5-10-16)17-11-6-3-7-12-17;1-5-3-2-4-6-5;2-1-3;1-2/h2-18H;2-18H;2-14H;5H,2-4H2,1H3;1H2;1-2H. The molecule has 2 N–H and O–H groups in total. The quantitative estimate of drug-likeness (QED) is 0.0445. The van der Waals surface area contributed by atoms with Crippen LogP contribution in [0.4, 0.5) is 0 Å². The molecule has 1 unspecified atom stereocenters. The Morgan fingerprint density at radius 2 is 0.839 bits per heavy atom. The molecule has 0 aromatic heterocycles.